The molecule has 0 radical (unpaired) electrons. The molecule has 7 heteroatoms. The zero-order chi connectivity index (χ0) is 16.6. The molecule has 0 aromatic heterocycles. The van der Waals surface area contributed by atoms with Crippen molar-refractivity contribution in [3.8, 4) is 0 Å². The summed E-state index contributed by atoms with van der Waals surface area (Å²) in [4.78, 5) is 38.3. The normalized spacial score (nSPS) is 23.7. The van der Waals surface area contributed by atoms with Gasteiger partial charge in [0.2, 0.25) is 5.91 Å². The molecule has 1 aromatic carbocycles. The lowest BCUT2D eigenvalue weighted by atomic mass is 9.97. The van der Waals surface area contributed by atoms with E-state index in [2.05, 4.69) is 10.6 Å². The van der Waals surface area contributed by atoms with Gasteiger partial charge in [-0.15, -0.1) is 0 Å². The number of nitrogens with two attached hydrogens (primary N) is 1. The fourth-order valence-electron chi connectivity index (χ4n) is 3.26. The van der Waals surface area contributed by atoms with Gasteiger partial charge < -0.3 is 16.4 Å². The fraction of sp³-hybridized carbons (Fsp3) is 0.438. The molecule has 3 amide bonds. The third kappa shape index (κ3) is 2.57. The summed E-state index contributed by atoms with van der Waals surface area (Å²) in [7, 11) is 0. The molecule has 2 atom stereocenters. The van der Waals surface area contributed by atoms with E-state index in [1.165, 1.54) is 4.90 Å². The molecule has 0 bridgehead atoms. The molecule has 0 saturated carbocycles. The van der Waals surface area contributed by atoms with Crippen LogP contribution < -0.4 is 16.4 Å². The Morgan fingerprint density at radius 2 is 2.09 bits per heavy atom. The lowest BCUT2D eigenvalue weighted by Crippen LogP contribution is -2.55. The largest absolute Gasteiger partial charge is 0.383 e. The minimum atomic E-state index is -0.317. The van der Waals surface area contributed by atoms with Crippen molar-refractivity contribution in [3.05, 3.63) is 29.3 Å². The van der Waals surface area contributed by atoms with E-state index in [4.69, 9.17) is 5.73 Å². The van der Waals surface area contributed by atoms with Crippen molar-refractivity contribution in [2.45, 2.75) is 31.8 Å². The van der Waals surface area contributed by atoms with Crippen molar-refractivity contribution in [2.24, 2.45) is 5.73 Å². The van der Waals surface area contributed by atoms with E-state index in [0.717, 1.165) is 0 Å². The predicted octanol–water partition coefficient (Wildman–Crippen LogP) is 0.320. The minimum absolute atomic E-state index is 0.0457. The van der Waals surface area contributed by atoms with Crippen LogP contribution in [-0.4, -0.2) is 47.8 Å². The van der Waals surface area contributed by atoms with Crippen molar-refractivity contribution in [1.29, 1.82) is 0 Å². The molecule has 7 nitrogen and oxygen atoms in total. The van der Waals surface area contributed by atoms with E-state index in [-0.39, 0.29) is 29.8 Å². The smallest absolute Gasteiger partial charge is 0.263 e. The van der Waals surface area contributed by atoms with Crippen LogP contribution in [0.25, 0.3) is 0 Å². The van der Waals surface area contributed by atoms with E-state index in [9.17, 15) is 14.4 Å². The highest BCUT2D eigenvalue weighted by atomic mass is 16.2. The lowest BCUT2D eigenvalue weighted by Gasteiger charge is -2.35. The second-order valence-corrected chi connectivity index (χ2v) is 5.89. The zero-order valence-corrected chi connectivity index (χ0v) is 13.0. The number of carbonyl (C=O) groups excluding carboxylic acids is 3. The molecular formula is C16H20N4O3. The first kappa shape index (κ1) is 15.5. The number of nitrogens with one attached hydrogen (secondary N) is 2. The van der Waals surface area contributed by atoms with Gasteiger partial charge in [-0.2, -0.15) is 0 Å². The molecule has 2 aliphatic rings. The van der Waals surface area contributed by atoms with Gasteiger partial charge in [0.05, 0.1) is 17.2 Å². The summed E-state index contributed by atoms with van der Waals surface area (Å²) in [6, 6.07) is 4.62. The van der Waals surface area contributed by atoms with Crippen LogP contribution in [-0.2, 0) is 4.79 Å². The summed E-state index contributed by atoms with van der Waals surface area (Å²) < 4.78 is 0. The maximum Gasteiger partial charge on any atom is 0.263 e. The van der Waals surface area contributed by atoms with Gasteiger partial charge in [-0.05, 0) is 25.5 Å². The summed E-state index contributed by atoms with van der Waals surface area (Å²) in [5.74, 6) is -0.650. The van der Waals surface area contributed by atoms with Crippen LogP contribution in [0.4, 0.5) is 5.69 Å². The number of carbonyl (C=O) groups is 3. The van der Waals surface area contributed by atoms with E-state index in [1.54, 1.807) is 18.2 Å². The predicted molar refractivity (Wildman–Crippen MR) is 85.1 cm³/mol. The van der Waals surface area contributed by atoms with Gasteiger partial charge in [-0.1, -0.05) is 6.07 Å². The van der Waals surface area contributed by atoms with Gasteiger partial charge in [-0.25, -0.2) is 0 Å². The number of nitrogens with zero attached hydrogens (tertiary/aromatic N) is 1. The van der Waals surface area contributed by atoms with Crippen molar-refractivity contribution >= 4 is 23.4 Å². The molecule has 2 heterocycles. The van der Waals surface area contributed by atoms with Crippen molar-refractivity contribution in [3.63, 3.8) is 0 Å². The highest BCUT2D eigenvalue weighted by Crippen LogP contribution is 2.33. The quantitative estimate of drug-likeness (QED) is 0.694. The average Bonchev–Trinajstić information content (AvgIpc) is 2.78. The second-order valence-electron chi connectivity index (χ2n) is 5.89. The maximum atomic E-state index is 12.8. The zero-order valence-electron chi connectivity index (χ0n) is 13.0. The van der Waals surface area contributed by atoms with Crippen LogP contribution >= 0.6 is 0 Å². The number of hydrogen-bond donors (Lipinski definition) is 3. The monoisotopic (exact) mass is 316 g/mol. The first-order chi connectivity index (χ1) is 11.0. The first-order valence-corrected chi connectivity index (χ1v) is 7.78. The standard InChI is InChI=1S/C16H20N4O3/c1-9-12(5-6-13(21)19-9)20-15(22)10-3-2-4-11(18-8-7-17)14(10)16(20)23/h2-4,9,12,18H,5-8,17H2,1H3,(H,19,21). The average molecular weight is 316 g/mol. The number of benzene rings is 1. The molecular weight excluding hydrogens is 296 g/mol. The van der Waals surface area contributed by atoms with Crippen LogP contribution in [0.1, 0.15) is 40.5 Å². The molecule has 0 spiro atoms. The Morgan fingerprint density at radius 3 is 2.78 bits per heavy atom. The van der Waals surface area contributed by atoms with E-state index >= 15 is 0 Å². The van der Waals surface area contributed by atoms with E-state index in [0.29, 0.717) is 42.7 Å². The van der Waals surface area contributed by atoms with E-state index in [1.807, 2.05) is 6.92 Å². The van der Waals surface area contributed by atoms with Gasteiger partial charge in [-0.3, -0.25) is 19.3 Å². The fourth-order valence-corrected chi connectivity index (χ4v) is 3.26. The maximum absolute atomic E-state index is 12.8. The molecule has 1 fully saturated rings. The Labute approximate surface area is 134 Å². The molecule has 4 N–H and O–H groups in total. The molecule has 3 rings (SSSR count). The number of fused-ring (bicyclic) bond motifs is 1. The number of hydrogen-bond acceptors (Lipinski definition) is 5. The summed E-state index contributed by atoms with van der Waals surface area (Å²) in [5.41, 5.74) is 6.92. The molecule has 0 aliphatic carbocycles. The van der Waals surface area contributed by atoms with Gasteiger partial charge >= 0.3 is 0 Å². The number of anilines is 1. The van der Waals surface area contributed by atoms with Crippen LogP contribution in [0.3, 0.4) is 0 Å². The van der Waals surface area contributed by atoms with Crippen molar-refractivity contribution < 1.29 is 14.4 Å². The van der Waals surface area contributed by atoms with Crippen molar-refractivity contribution in [1.82, 2.24) is 10.2 Å². The molecule has 23 heavy (non-hydrogen) atoms. The Bertz CT molecular complexity index is 673. The van der Waals surface area contributed by atoms with Crippen LogP contribution in [0.5, 0.6) is 0 Å². The van der Waals surface area contributed by atoms with Crippen LogP contribution in [0.15, 0.2) is 18.2 Å². The summed E-state index contributed by atoms with van der Waals surface area (Å²) in [5, 5.41) is 5.90. The summed E-state index contributed by atoms with van der Waals surface area (Å²) in [6.07, 6.45) is 0.810. The lowest BCUT2D eigenvalue weighted by molar-refractivity contribution is -0.124. The van der Waals surface area contributed by atoms with Gasteiger partial charge in [0, 0.05) is 31.2 Å². The van der Waals surface area contributed by atoms with Gasteiger partial charge in [0.1, 0.15) is 0 Å². The summed E-state index contributed by atoms with van der Waals surface area (Å²) in [6.45, 7) is 2.77. The number of amides is 3. The Morgan fingerprint density at radius 1 is 1.30 bits per heavy atom. The second kappa shape index (κ2) is 6.00. The van der Waals surface area contributed by atoms with Crippen LogP contribution in [0.2, 0.25) is 0 Å². The molecule has 2 aliphatic heterocycles. The first-order valence-electron chi connectivity index (χ1n) is 7.78. The van der Waals surface area contributed by atoms with Gasteiger partial charge in [0.15, 0.2) is 0 Å². The molecule has 1 saturated heterocycles. The summed E-state index contributed by atoms with van der Waals surface area (Å²) >= 11 is 0. The third-order valence-electron chi connectivity index (χ3n) is 4.37. The Hall–Kier alpha value is -2.41. The number of piperidine rings is 1. The Kier molecular flexibility index (Phi) is 4.04. The molecule has 2 unspecified atom stereocenters. The SMILES string of the molecule is CC1NC(=O)CCC1N1C(=O)c2cccc(NCCN)c2C1=O. The van der Waals surface area contributed by atoms with Crippen molar-refractivity contribution in [2.75, 3.05) is 18.4 Å². The van der Waals surface area contributed by atoms with Crippen LogP contribution in [0, 0.1) is 0 Å². The molecule has 1 aromatic rings. The van der Waals surface area contributed by atoms with Gasteiger partial charge in [0.25, 0.3) is 11.8 Å². The highest BCUT2D eigenvalue weighted by Gasteiger charge is 2.44. The highest BCUT2D eigenvalue weighted by molar-refractivity contribution is 6.24. The minimum Gasteiger partial charge on any atom is -0.383 e. The topological polar surface area (TPSA) is 105 Å². The Balaban J connectivity index is 1.93. The number of imide groups is 1. The third-order valence-corrected chi connectivity index (χ3v) is 4.37. The van der Waals surface area contributed by atoms with E-state index < -0.39 is 0 Å². The molecule has 122 valence electrons. The number of rotatable bonds is 4.